The maximum atomic E-state index is 13.9. The average Bonchev–Trinajstić information content (AvgIpc) is 3.54. The Morgan fingerprint density at radius 3 is 2.49 bits per heavy atom. The second-order valence-corrected chi connectivity index (χ2v) is 9.35. The van der Waals surface area contributed by atoms with Crippen molar-refractivity contribution in [2.24, 2.45) is 5.73 Å². The number of aromatic hydroxyl groups is 1. The summed E-state index contributed by atoms with van der Waals surface area (Å²) in [7, 11) is 0. The van der Waals surface area contributed by atoms with Gasteiger partial charge in [-0.2, -0.15) is 4.37 Å². The van der Waals surface area contributed by atoms with Crippen LogP contribution in [-0.4, -0.2) is 51.4 Å². The van der Waals surface area contributed by atoms with E-state index in [1.165, 1.54) is 53.4 Å². The Bertz CT molecular complexity index is 1280. The number of anilines is 1. The number of amides is 3. The Morgan fingerprint density at radius 2 is 1.89 bits per heavy atom. The van der Waals surface area contributed by atoms with Crippen LogP contribution in [-0.2, 0) is 16.1 Å². The first-order chi connectivity index (χ1) is 17.7. The van der Waals surface area contributed by atoms with Crippen LogP contribution in [0, 0.1) is 5.82 Å². The van der Waals surface area contributed by atoms with Crippen LogP contribution >= 0.6 is 11.5 Å². The summed E-state index contributed by atoms with van der Waals surface area (Å²) in [5.41, 5.74) is 11.9. The molecule has 37 heavy (non-hydrogen) atoms. The number of carbonyl (C=O) groups is 3. The van der Waals surface area contributed by atoms with E-state index >= 15 is 0 Å². The van der Waals surface area contributed by atoms with Crippen LogP contribution in [0.3, 0.4) is 0 Å². The molecule has 2 atom stereocenters. The number of ether oxygens (including phenoxy) is 1. The van der Waals surface area contributed by atoms with Crippen molar-refractivity contribution in [2.45, 2.75) is 31.5 Å². The van der Waals surface area contributed by atoms with E-state index in [1.807, 2.05) is 0 Å². The number of halogens is 1. The number of aromatic nitrogens is 1. The van der Waals surface area contributed by atoms with E-state index in [0.29, 0.717) is 29.3 Å². The number of nitrogens with two attached hydrogens (primary N) is 2. The van der Waals surface area contributed by atoms with E-state index in [1.54, 1.807) is 0 Å². The third-order valence-corrected chi connectivity index (χ3v) is 6.83. The van der Waals surface area contributed by atoms with Gasteiger partial charge in [0.2, 0.25) is 5.91 Å². The van der Waals surface area contributed by atoms with E-state index in [9.17, 15) is 23.9 Å². The molecule has 10 nitrogen and oxygen atoms in total. The van der Waals surface area contributed by atoms with Gasteiger partial charge < -0.3 is 31.5 Å². The minimum atomic E-state index is -1.17. The molecule has 1 aliphatic heterocycles. The zero-order valence-electron chi connectivity index (χ0n) is 19.7. The number of rotatable bonds is 9. The third-order valence-electron chi connectivity index (χ3n) is 5.98. The molecule has 0 bridgehead atoms. The van der Waals surface area contributed by atoms with Crippen LogP contribution < -0.4 is 16.8 Å². The Balaban J connectivity index is 1.75. The molecule has 3 amide bonds. The Labute approximate surface area is 216 Å². The van der Waals surface area contributed by atoms with Gasteiger partial charge >= 0.3 is 0 Å². The van der Waals surface area contributed by atoms with Gasteiger partial charge in [-0.05, 0) is 59.8 Å². The lowest BCUT2D eigenvalue weighted by molar-refractivity contribution is -0.126. The van der Waals surface area contributed by atoms with Crippen LogP contribution in [0.5, 0.6) is 5.75 Å². The van der Waals surface area contributed by atoms with Gasteiger partial charge in [0.15, 0.2) is 5.69 Å². The number of nitrogens with one attached hydrogen (secondary N) is 1. The predicted octanol–water partition coefficient (Wildman–Crippen LogP) is 2.35. The highest BCUT2D eigenvalue weighted by Gasteiger charge is 2.35. The molecular weight excluding hydrogens is 501 g/mol. The minimum absolute atomic E-state index is 0.0172. The highest BCUT2D eigenvalue weighted by Crippen LogP contribution is 2.31. The van der Waals surface area contributed by atoms with Crippen LogP contribution in [0.1, 0.15) is 50.2 Å². The molecule has 2 aromatic carbocycles. The topological polar surface area (TPSA) is 161 Å². The quantitative estimate of drug-likeness (QED) is 0.332. The summed E-state index contributed by atoms with van der Waals surface area (Å²) in [6.07, 6.45) is 1.56. The summed E-state index contributed by atoms with van der Waals surface area (Å²) in [4.78, 5) is 40.3. The monoisotopic (exact) mass is 527 g/mol. The van der Waals surface area contributed by atoms with Gasteiger partial charge in [-0.25, -0.2) is 4.39 Å². The molecule has 2 heterocycles. The lowest BCUT2D eigenvalue weighted by Crippen LogP contribution is -2.45. The average molecular weight is 528 g/mol. The number of primary amides is 1. The first kappa shape index (κ1) is 26.0. The summed E-state index contributed by atoms with van der Waals surface area (Å²) in [5.74, 6) is -2.52. The van der Waals surface area contributed by atoms with Gasteiger partial charge in [0.1, 0.15) is 22.5 Å². The standard InChI is InChI=1S/C25H26FN5O5S/c26-16-7-3-14(4-8-16)13-31(25(35)22-19(27)20(23(28)33)30-37-22)21(15-5-9-17(32)10-6-15)24(34)29-12-18-2-1-11-36-18/h3-10,18,21,32H,1-2,11-13,27H2,(H2,28,33)(H,29,34)/t18-,21-/m0/s1. The van der Waals surface area contributed by atoms with Crippen molar-refractivity contribution < 1.29 is 28.6 Å². The maximum absolute atomic E-state index is 13.9. The maximum Gasteiger partial charge on any atom is 0.270 e. The summed E-state index contributed by atoms with van der Waals surface area (Å²) >= 11 is 0.696. The molecule has 194 valence electrons. The number of phenolic OH excluding ortho intramolecular Hbond substituents is 1. The van der Waals surface area contributed by atoms with Crippen molar-refractivity contribution in [2.75, 3.05) is 18.9 Å². The molecular formula is C25H26FN5O5S. The lowest BCUT2D eigenvalue weighted by Gasteiger charge is -2.31. The highest BCUT2D eigenvalue weighted by molar-refractivity contribution is 7.09. The van der Waals surface area contributed by atoms with Crippen molar-refractivity contribution in [3.05, 3.63) is 76.0 Å². The van der Waals surface area contributed by atoms with Crippen LogP contribution in [0.2, 0.25) is 0 Å². The number of hydrogen-bond acceptors (Lipinski definition) is 8. The molecule has 0 saturated carbocycles. The number of hydrogen-bond donors (Lipinski definition) is 4. The molecule has 3 aromatic rings. The summed E-state index contributed by atoms with van der Waals surface area (Å²) in [6, 6.07) is 10.2. The molecule has 0 aliphatic carbocycles. The van der Waals surface area contributed by atoms with Gasteiger partial charge in [-0.1, -0.05) is 24.3 Å². The van der Waals surface area contributed by atoms with E-state index in [-0.39, 0.29) is 41.2 Å². The van der Waals surface area contributed by atoms with Gasteiger partial charge in [-0.3, -0.25) is 14.4 Å². The predicted molar refractivity (Wildman–Crippen MR) is 134 cm³/mol. The Hall–Kier alpha value is -4.03. The van der Waals surface area contributed by atoms with Crippen molar-refractivity contribution in [3.63, 3.8) is 0 Å². The molecule has 12 heteroatoms. The molecule has 0 spiro atoms. The normalized spacial score (nSPS) is 15.8. The SMILES string of the molecule is NC(=O)c1nsc(C(=O)N(Cc2ccc(F)cc2)[C@H](C(=O)NC[C@@H]2CCCO2)c2ccc(O)cc2)c1N. The fourth-order valence-corrected chi connectivity index (χ4v) is 4.83. The molecule has 1 fully saturated rings. The van der Waals surface area contributed by atoms with Gasteiger partial charge in [0, 0.05) is 19.7 Å². The van der Waals surface area contributed by atoms with E-state index in [2.05, 4.69) is 9.69 Å². The fourth-order valence-electron chi connectivity index (χ4n) is 4.07. The summed E-state index contributed by atoms with van der Waals surface area (Å²) < 4.78 is 23.1. The van der Waals surface area contributed by atoms with E-state index < -0.39 is 29.6 Å². The van der Waals surface area contributed by atoms with Gasteiger partial charge in [0.05, 0.1) is 11.8 Å². The minimum Gasteiger partial charge on any atom is -0.508 e. The van der Waals surface area contributed by atoms with Crippen molar-refractivity contribution >= 4 is 34.9 Å². The number of nitrogen functional groups attached to an aromatic ring is 1. The number of benzene rings is 2. The van der Waals surface area contributed by atoms with Gasteiger partial charge in [-0.15, -0.1) is 0 Å². The molecule has 0 radical (unpaired) electrons. The van der Waals surface area contributed by atoms with Crippen LogP contribution in [0.4, 0.5) is 10.1 Å². The second-order valence-electron chi connectivity index (χ2n) is 8.57. The summed E-state index contributed by atoms with van der Waals surface area (Å²) in [5, 5.41) is 12.7. The Morgan fingerprint density at radius 1 is 1.19 bits per heavy atom. The highest BCUT2D eigenvalue weighted by atomic mass is 32.1. The molecule has 1 aromatic heterocycles. The van der Waals surface area contributed by atoms with Crippen molar-refractivity contribution in [1.82, 2.24) is 14.6 Å². The van der Waals surface area contributed by atoms with Crippen LogP contribution in [0.25, 0.3) is 0 Å². The smallest absolute Gasteiger partial charge is 0.270 e. The zero-order valence-corrected chi connectivity index (χ0v) is 20.5. The second kappa shape index (κ2) is 11.4. The summed E-state index contributed by atoms with van der Waals surface area (Å²) in [6.45, 7) is 0.770. The number of carbonyl (C=O) groups excluding carboxylic acids is 3. The van der Waals surface area contributed by atoms with Crippen LogP contribution in [0.15, 0.2) is 48.5 Å². The largest absolute Gasteiger partial charge is 0.508 e. The van der Waals surface area contributed by atoms with Crippen molar-refractivity contribution in [1.29, 1.82) is 0 Å². The van der Waals surface area contributed by atoms with Crippen molar-refractivity contribution in [3.8, 4) is 5.75 Å². The molecule has 4 rings (SSSR count). The fraction of sp³-hybridized carbons (Fsp3) is 0.280. The zero-order chi connectivity index (χ0) is 26.5. The number of phenols is 1. The van der Waals surface area contributed by atoms with E-state index in [4.69, 9.17) is 16.2 Å². The third kappa shape index (κ3) is 6.04. The number of nitrogens with zero attached hydrogens (tertiary/aromatic N) is 2. The molecule has 6 N–H and O–H groups in total. The lowest BCUT2D eigenvalue weighted by atomic mass is 10.0. The van der Waals surface area contributed by atoms with E-state index in [0.717, 1.165) is 12.8 Å². The molecule has 1 aliphatic rings. The van der Waals surface area contributed by atoms with Gasteiger partial charge in [0.25, 0.3) is 11.8 Å². The first-order valence-corrected chi connectivity index (χ1v) is 12.3. The molecule has 1 saturated heterocycles. The Kier molecular flexibility index (Phi) is 7.99. The first-order valence-electron chi connectivity index (χ1n) is 11.5. The molecule has 0 unspecified atom stereocenters.